The largest absolute Gasteiger partial charge is 0.316 e. The van der Waals surface area contributed by atoms with Crippen molar-refractivity contribution in [1.29, 1.82) is 0 Å². The predicted molar refractivity (Wildman–Crippen MR) is 88.0 cm³/mol. The van der Waals surface area contributed by atoms with Crippen LogP contribution in [0.3, 0.4) is 0 Å². The first-order valence-corrected chi connectivity index (χ1v) is 9.01. The smallest absolute Gasteiger partial charge is 0.00470 e. The lowest BCUT2D eigenvalue weighted by Crippen LogP contribution is -2.44. The van der Waals surface area contributed by atoms with E-state index in [1.807, 2.05) is 0 Å². The number of nitrogens with zero attached hydrogens (tertiary/aromatic N) is 1. The quantitative estimate of drug-likeness (QED) is 0.691. The Morgan fingerprint density at radius 2 is 1.85 bits per heavy atom. The average Bonchev–Trinajstić information content (AvgIpc) is 3.06. The number of hydrogen-bond donors (Lipinski definition) is 1. The third kappa shape index (κ3) is 3.76. The van der Waals surface area contributed by atoms with Gasteiger partial charge in [0.25, 0.3) is 0 Å². The second-order valence-corrected chi connectivity index (χ2v) is 7.62. The van der Waals surface area contributed by atoms with Crippen LogP contribution in [0, 0.1) is 23.2 Å². The summed E-state index contributed by atoms with van der Waals surface area (Å²) in [6.07, 6.45) is 8.69. The molecule has 0 aliphatic heterocycles. The minimum absolute atomic E-state index is 0.475. The zero-order valence-corrected chi connectivity index (χ0v) is 14.3. The van der Waals surface area contributed by atoms with Crippen molar-refractivity contribution in [3.8, 4) is 0 Å². The molecule has 2 nitrogen and oxygen atoms in total. The molecular formula is C18H36N2. The van der Waals surface area contributed by atoms with E-state index >= 15 is 0 Å². The van der Waals surface area contributed by atoms with Crippen molar-refractivity contribution < 1.29 is 0 Å². The van der Waals surface area contributed by atoms with E-state index in [9.17, 15) is 0 Å². The summed E-state index contributed by atoms with van der Waals surface area (Å²) in [5, 5.41) is 3.59. The number of nitrogens with one attached hydrogen (secondary N) is 1. The van der Waals surface area contributed by atoms with Gasteiger partial charge in [-0.1, -0.05) is 27.2 Å². The van der Waals surface area contributed by atoms with Gasteiger partial charge in [-0.25, -0.2) is 0 Å². The second kappa shape index (κ2) is 7.26. The number of fused-ring (bicyclic) bond motifs is 2. The Hall–Kier alpha value is -0.0800. The van der Waals surface area contributed by atoms with Crippen LogP contribution in [0.25, 0.3) is 0 Å². The van der Waals surface area contributed by atoms with Gasteiger partial charge in [-0.3, -0.25) is 0 Å². The van der Waals surface area contributed by atoms with E-state index in [0.717, 1.165) is 24.3 Å². The summed E-state index contributed by atoms with van der Waals surface area (Å²) >= 11 is 0. The molecule has 2 fully saturated rings. The van der Waals surface area contributed by atoms with E-state index in [-0.39, 0.29) is 0 Å². The Kier molecular flexibility index (Phi) is 5.92. The van der Waals surface area contributed by atoms with Crippen LogP contribution in [0.1, 0.15) is 59.3 Å². The summed E-state index contributed by atoms with van der Waals surface area (Å²) in [6, 6.07) is 0. The van der Waals surface area contributed by atoms with E-state index in [1.54, 1.807) is 6.42 Å². The molecule has 2 saturated carbocycles. The van der Waals surface area contributed by atoms with Crippen molar-refractivity contribution in [1.82, 2.24) is 10.2 Å². The Labute approximate surface area is 126 Å². The molecule has 0 aromatic heterocycles. The fraction of sp³-hybridized carbons (Fsp3) is 1.00. The molecule has 0 aromatic carbocycles. The summed E-state index contributed by atoms with van der Waals surface area (Å²) in [7, 11) is 2.36. The van der Waals surface area contributed by atoms with Gasteiger partial charge in [0, 0.05) is 19.6 Å². The standard InChI is InChI=1S/C18H36N2/c1-5-18(6-2,13-19-7-3)14-20(4)12-17-11-15-8-9-16(17)10-15/h15-17,19H,5-14H2,1-4H3. The highest BCUT2D eigenvalue weighted by atomic mass is 15.1. The van der Waals surface area contributed by atoms with Crippen LogP contribution in [-0.4, -0.2) is 38.1 Å². The fourth-order valence-corrected chi connectivity index (χ4v) is 4.81. The van der Waals surface area contributed by atoms with Crippen molar-refractivity contribution in [2.45, 2.75) is 59.3 Å². The molecule has 3 unspecified atom stereocenters. The minimum atomic E-state index is 0.475. The van der Waals surface area contributed by atoms with Crippen LogP contribution in [0.4, 0.5) is 0 Å². The fourth-order valence-electron chi connectivity index (χ4n) is 4.81. The van der Waals surface area contributed by atoms with Crippen LogP contribution in [0.5, 0.6) is 0 Å². The first-order valence-electron chi connectivity index (χ1n) is 9.01. The zero-order chi connectivity index (χ0) is 14.6. The average molecular weight is 280 g/mol. The predicted octanol–water partition coefficient (Wildman–Crippen LogP) is 3.77. The lowest BCUT2D eigenvalue weighted by Gasteiger charge is -2.38. The monoisotopic (exact) mass is 280 g/mol. The Balaban J connectivity index is 1.83. The summed E-state index contributed by atoms with van der Waals surface area (Å²) in [5.74, 6) is 3.15. The van der Waals surface area contributed by atoms with Gasteiger partial charge in [0.05, 0.1) is 0 Å². The van der Waals surface area contributed by atoms with Crippen molar-refractivity contribution in [3.05, 3.63) is 0 Å². The molecule has 2 heteroatoms. The molecule has 0 radical (unpaired) electrons. The van der Waals surface area contributed by atoms with Crippen LogP contribution >= 0.6 is 0 Å². The number of hydrogen-bond acceptors (Lipinski definition) is 2. The molecule has 2 aliphatic carbocycles. The van der Waals surface area contributed by atoms with Gasteiger partial charge in [-0.2, -0.15) is 0 Å². The van der Waals surface area contributed by atoms with Crippen molar-refractivity contribution in [2.75, 3.05) is 33.2 Å². The maximum absolute atomic E-state index is 3.59. The molecule has 2 bridgehead atoms. The van der Waals surface area contributed by atoms with E-state index in [2.05, 4.69) is 38.0 Å². The molecular weight excluding hydrogens is 244 g/mol. The van der Waals surface area contributed by atoms with Gasteiger partial charge in [0.1, 0.15) is 0 Å². The van der Waals surface area contributed by atoms with Crippen molar-refractivity contribution in [2.24, 2.45) is 23.2 Å². The van der Waals surface area contributed by atoms with E-state index in [4.69, 9.17) is 0 Å². The van der Waals surface area contributed by atoms with Crippen LogP contribution in [-0.2, 0) is 0 Å². The molecule has 0 spiro atoms. The third-order valence-electron chi connectivity index (χ3n) is 6.29. The van der Waals surface area contributed by atoms with E-state index in [0.29, 0.717) is 5.41 Å². The Morgan fingerprint density at radius 3 is 2.35 bits per heavy atom. The summed E-state index contributed by atoms with van der Waals surface area (Å²) in [5.41, 5.74) is 0.475. The molecule has 0 aromatic rings. The van der Waals surface area contributed by atoms with Gasteiger partial charge in [-0.15, -0.1) is 0 Å². The molecule has 0 amide bonds. The SMILES string of the molecule is CCNCC(CC)(CC)CN(C)CC1CC2CCC1C2. The number of rotatable bonds is 9. The lowest BCUT2D eigenvalue weighted by molar-refractivity contribution is 0.128. The summed E-state index contributed by atoms with van der Waals surface area (Å²) in [6.45, 7) is 11.8. The maximum Gasteiger partial charge on any atom is 0.00470 e. The molecule has 1 N–H and O–H groups in total. The van der Waals surface area contributed by atoms with Crippen LogP contribution in [0.2, 0.25) is 0 Å². The van der Waals surface area contributed by atoms with Crippen LogP contribution in [0.15, 0.2) is 0 Å². The third-order valence-corrected chi connectivity index (χ3v) is 6.29. The molecule has 3 atom stereocenters. The highest BCUT2D eigenvalue weighted by molar-refractivity contribution is 4.92. The maximum atomic E-state index is 3.59. The molecule has 0 heterocycles. The zero-order valence-electron chi connectivity index (χ0n) is 14.3. The first-order chi connectivity index (χ1) is 9.62. The second-order valence-electron chi connectivity index (χ2n) is 7.62. The molecule has 2 rings (SSSR count). The molecule has 20 heavy (non-hydrogen) atoms. The lowest BCUT2D eigenvalue weighted by atomic mass is 9.81. The topological polar surface area (TPSA) is 15.3 Å². The first kappa shape index (κ1) is 16.3. The van der Waals surface area contributed by atoms with Crippen LogP contribution < -0.4 is 5.32 Å². The highest BCUT2D eigenvalue weighted by Gasteiger charge is 2.40. The molecule has 118 valence electrons. The van der Waals surface area contributed by atoms with Crippen molar-refractivity contribution >= 4 is 0 Å². The Bertz CT molecular complexity index is 285. The summed E-state index contributed by atoms with van der Waals surface area (Å²) < 4.78 is 0. The van der Waals surface area contributed by atoms with E-state index in [1.165, 1.54) is 51.7 Å². The van der Waals surface area contributed by atoms with Gasteiger partial charge < -0.3 is 10.2 Å². The van der Waals surface area contributed by atoms with E-state index < -0.39 is 0 Å². The highest BCUT2D eigenvalue weighted by Crippen LogP contribution is 2.48. The molecule has 0 saturated heterocycles. The van der Waals surface area contributed by atoms with Gasteiger partial charge in [0.15, 0.2) is 0 Å². The normalized spacial score (nSPS) is 29.6. The Morgan fingerprint density at radius 1 is 1.10 bits per heavy atom. The minimum Gasteiger partial charge on any atom is -0.316 e. The van der Waals surface area contributed by atoms with Gasteiger partial charge in [-0.05, 0) is 68.9 Å². The van der Waals surface area contributed by atoms with Gasteiger partial charge in [0.2, 0.25) is 0 Å². The molecule has 2 aliphatic rings. The van der Waals surface area contributed by atoms with Crippen molar-refractivity contribution in [3.63, 3.8) is 0 Å². The van der Waals surface area contributed by atoms with Gasteiger partial charge >= 0.3 is 0 Å². The summed E-state index contributed by atoms with van der Waals surface area (Å²) in [4.78, 5) is 2.65.